The fourth-order valence-corrected chi connectivity index (χ4v) is 3.00. The Morgan fingerprint density at radius 2 is 1.69 bits per heavy atom. The van der Waals surface area contributed by atoms with Crippen LogP contribution in [0.25, 0.3) is 0 Å². The summed E-state index contributed by atoms with van der Waals surface area (Å²) in [5.41, 5.74) is 0. The van der Waals surface area contributed by atoms with Crippen molar-refractivity contribution < 1.29 is 26.1 Å². The van der Waals surface area contributed by atoms with Gasteiger partial charge in [0.05, 0.1) is 0 Å². The number of alkyl halides is 3. The van der Waals surface area contributed by atoms with Crippen molar-refractivity contribution in [3.05, 3.63) is 0 Å². The molecule has 7 heteroatoms. The van der Waals surface area contributed by atoms with Crippen LogP contribution in [0, 0.1) is 5.92 Å². The van der Waals surface area contributed by atoms with Crippen LogP contribution < -0.4 is 0 Å². The quantitative estimate of drug-likeness (QED) is 0.794. The predicted molar refractivity (Wildman–Crippen MR) is 52.6 cm³/mol. The summed E-state index contributed by atoms with van der Waals surface area (Å²) in [7, 11) is -5.05. The molecule has 0 aromatic carbocycles. The average Bonchev–Trinajstić information content (AvgIpc) is 2.12. The summed E-state index contributed by atoms with van der Waals surface area (Å²) in [4.78, 5) is 0. The van der Waals surface area contributed by atoms with Crippen molar-refractivity contribution in [3.63, 3.8) is 0 Å². The Labute approximate surface area is 92.8 Å². The van der Waals surface area contributed by atoms with Gasteiger partial charge in [0, 0.05) is 0 Å². The molecular formula is C9H15F3O3S. The van der Waals surface area contributed by atoms with Gasteiger partial charge in [0.1, 0.15) is 0 Å². The fourth-order valence-electron chi connectivity index (χ4n) is 2.15. The zero-order valence-corrected chi connectivity index (χ0v) is 9.52. The van der Waals surface area contributed by atoms with Crippen LogP contribution in [0.3, 0.4) is 0 Å². The second kappa shape index (κ2) is 4.91. The van der Waals surface area contributed by atoms with Crippen LogP contribution >= 0.6 is 0 Å². The monoisotopic (exact) mass is 260 g/mol. The topological polar surface area (TPSA) is 54.4 Å². The highest BCUT2D eigenvalue weighted by molar-refractivity contribution is 7.86. The van der Waals surface area contributed by atoms with E-state index in [-0.39, 0.29) is 5.92 Å². The molecule has 3 nitrogen and oxygen atoms in total. The molecule has 0 aromatic heterocycles. The Bertz CT molecular complexity index is 317. The van der Waals surface area contributed by atoms with Gasteiger partial charge >= 0.3 is 6.18 Å². The van der Waals surface area contributed by atoms with Gasteiger partial charge in [0.25, 0.3) is 10.1 Å². The molecule has 0 amide bonds. The van der Waals surface area contributed by atoms with E-state index in [9.17, 15) is 21.6 Å². The predicted octanol–water partition coefficient (Wildman–Crippen LogP) is 2.78. The second-order valence-electron chi connectivity index (χ2n) is 4.28. The summed E-state index contributed by atoms with van der Waals surface area (Å²) < 4.78 is 67.3. The van der Waals surface area contributed by atoms with Crippen molar-refractivity contribution in [2.75, 3.05) is 0 Å². The first kappa shape index (κ1) is 13.8. The normalized spacial score (nSPS) is 22.0. The molecule has 1 saturated carbocycles. The number of hydrogen-bond donors (Lipinski definition) is 1. The van der Waals surface area contributed by atoms with E-state index in [2.05, 4.69) is 0 Å². The van der Waals surface area contributed by atoms with Crippen molar-refractivity contribution >= 4 is 10.1 Å². The van der Waals surface area contributed by atoms with E-state index in [4.69, 9.17) is 4.55 Å². The molecule has 0 spiro atoms. The van der Waals surface area contributed by atoms with Gasteiger partial charge in [-0.25, -0.2) is 0 Å². The Morgan fingerprint density at radius 3 is 2.06 bits per heavy atom. The molecule has 0 aliphatic heterocycles. The Balaban J connectivity index is 2.71. The van der Waals surface area contributed by atoms with E-state index in [1.807, 2.05) is 0 Å². The lowest BCUT2D eigenvalue weighted by atomic mass is 9.86. The molecule has 1 atom stereocenters. The SMILES string of the molecule is O=S(=O)(O)C(CC1CCCCC1)C(F)(F)F. The van der Waals surface area contributed by atoms with Crippen molar-refractivity contribution in [1.29, 1.82) is 0 Å². The van der Waals surface area contributed by atoms with Crippen LogP contribution in [0.15, 0.2) is 0 Å². The maximum absolute atomic E-state index is 12.4. The summed E-state index contributed by atoms with van der Waals surface area (Å²) in [6.07, 6.45) is -1.52. The minimum atomic E-state index is -5.05. The highest BCUT2D eigenvalue weighted by Gasteiger charge is 2.48. The van der Waals surface area contributed by atoms with Gasteiger partial charge in [-0.1, -0.05) is 32.1 Å². The molecule has 96 valence electrons. The van der Waals surface area contributed by atoms with Crippen LogP contribution in [0.5, 0.6) is 0 Å². The molecule has 16 heavy (non-hydrogen) atoms. The lowest BCUT2D eigenvalue weighted by Crippen LogP contribution is -2.38. The molecule has 0 heterocycles. The lowest BCUT2D eigenvalue weighted by Gasteiger charge is -2.26. The molecule has 1 fully saturated rings. The van der Waals surface area contributed by atoms with Crippen LogP contribution in [0.2, 0.25) is 0 Å². The molecule has 0 saturated heterocycles. The Hall–Kier alpha value is -0.300. The van der Waals surface area contributed by atoms with Crippen molar-refractivity contribution in [2.45, 2.75) is 50.0 Å². The van der Waals surface area contributed by atoms with Crippen molar-refractivity contribution in [3.8, 4) is 0 Å². The third-order valence-corrected chi connectivity index (χ3v) is 4.18. The molecular weight excluding hydrogens is 245 g/mol. The van der Waals surface area contributed by atoms with E-state index in [1.165, 1.54) is 0 Å². The van der Waals surface area contributed by atoms with E-state index in [0.717, 1.165) is 19.3 Å². The molecule has 0 radical (unpaired) electrons. The van der Waals surface area contributed by atoms with Crippen molar-refractivity contribution in [2.24, 2.45) is 5.92 Å². The third kappa shape index (κ3) is 3.93. The highest BCUT2D eigenvalue weighted by atomic mass is 32.2. The summed E-state index contributed by atoms with van der Waals surface area (Å²) in [5.74, 6) is -0.248. The summed E-state index contributed by atoms with van der Waals surface area (Å²) in [6.45, 7) is 0. The Kier molecular flexibility index (Phi) is 4.23. The third-order valence-electron chi connectivity index (χ3n) is 3.00. The maximum atomic E-state index is 12.4. The number of hydrogen-bond acceptors (Lipinski definition) is 2. The minimum absolute atomic E-state index is 0.248. The van der Waals surface area contributed by atoms with Crippen LogP contribution in [-0.4, -0.2) is 24.4 Å². The molecule has 1 rings (SSSR count). The summed E-state index contributed by atoms with van der Waals surface area (Å²) in [6, 6.07) is 0. The van der Waals surface area contributed by atoms with Gasteiger partial charge in [-0.3, -0.25) is 4.55 Å². The summed E-state index contributed by atoms with van der Waals surface area (Å²) in [5, 5.41) is -2.62. The van der Waals surface area contributed by atoms with Gasteiger partial charge in [-0.15, -0.1) is 0 Å². The first-order valence-electron chi connectivity index (χ1n) is 5.24. The summed E-state index contributed by atoms with van der Waals surface area (Å²) >= 11 is 0. The van der Waals surface area contributed by atoms with E-state index in [1.54, 1.807) is 0 Å². The van der Waals surface area contributed by atoms with Gasteiger partial charge in [-0.2, -0.15) is 21.6 Å². The highest BCUT2D eigenvalue weighted by Crippen LogP contribution is 2.35. The molecule has 0 bridgehead atoms. The van der Waals surface area contributed by atoms with E-state index in [0.29, 0.717) is 12.8 Å². The first-order valence-corrected chi connectivity index (χ1v) is 6.74. The fraction of sp³-hybridized carbons (Fsp3) is 1.00. The van der Waals surface area contributed by atoms with Gasteiger partial charge in [0.15, 0.2) is 5.25 Å². The minimum Gasteiger partial charge on any atom is -0.285 e. The molecule has 1 aliphatic carbocycles. The Morgan fingerprint density at radius 1 is 1.19 bits per heavy atom. The largest absolute Gasteiger partial charge is 0.407 e. The molecule has 1 N–H and O–H groups in total. The molecule has 1 aliphatic rings. The molecule has 0 aromatic rings. The average molecular weight is 260 g/mol. The standard InChI is InChI=1S/C9H15F3O3S/c10-9(11,12)8(16(13,14)15)6-7-4-2-1-3-5-7/h7-8H,1-6H2,(H,13,14,15). The van der Waals surface area contributed by atoms with Gasteiger partial charge in [0.2, 0.25) is 0 Å². The maximum Gasteiger partial charge on any atom is 0.407 e. The first-order chi connectivity index (χ1) is 7.21. The zero-order valence-electron chi connectivity index (χ0n) is 8.70. The van der Waals surface area contributed by atoms with Gasteiger partial charge < -0.3 is 0 Å². The van der Waals surface area contributed by atoms with Crippen LogP contribution in [0.1, 0.15) is 38.5 Å². The smallest absolute Gasteiger partial charge is 0.285 e. The van der Waals surface area contributed by atoms with Gasteiger partial charge in [-0.05, 0) is 12.3 Å². The number of halogens is 3. The lowest BCUT2D eigenvalue weighted by molar-refractivity contribution is -0.135. The van der Waals surface area contributed by atoms with Crippen LogP contribution in [-0.2, 0) is 10.1 Å². The molecule has 1 unspecified atom stereocenters. The van der Waals surface area contributed by atoms with E-state index >= 15 is 0 Å². The second-order valence-corrected chi connectivity index (χ2v) is 5.88. The zero-order chi connectivity index (χ0) is 12.4. The van der Waals surface area contributed by atoms with Crippen LogP contribution in [0.4, 0.5) is 13.2 Å². The van der Waals surface area contributed by atoms with E-state index < -0.39 is 28.0 Å². The van der Waals surface area contributed by atoms with Crippen molar-refractivity contribution in [1.82, 2.24) is 0 Å². The number of rotatable bonds is 3.